The van der Waals surface area contributed by atoms with E-state index in [1.165, 1.54) is 78.2 Å². The van der Waals surface area contributed by atoms with E-state index in [-0.39, 0.29) is 5.41 Å². The van der Waals surface area contributed by atoms with Gasteiger partial charge >= 0.3 is 0 Å². The van der Waals surface area contributed by atoms with Crippen LogP contribution in [0.4, 0.5) is 5.69 Å². The normalized spacial score (nSPS) is 19.6. The second-order valence-corrected chi connectivity index (χ2v) is 11.4. The number of allylic oxidation sites excluding steroid dienone is 1. The van der Waals surface area contributed by atoms with Gasteiger partial charge in [-0.15, -0.1) is 0 Å². The highest BCUT2D eigenvalue weighted by Gasteiger charge is 2.48. The van der Waals surface area contributed by atoms with E-state index in [4.69, 9.17) is 0 Å². The van der Waals surface area contributed by atoms with Crippen LogP contribution in [0.25, 0.3) is 16.8 Å². The Morgan fingerprint density at radius 3 is 2.45 bits per heavy atom. The standard InChI is InChI=1S/C36H39N2/c1-36(27-29-16-3-2-4-17-29)34(24-22-31-19-9-11-25-37-31)38(26-12-10-15-28-13-5-6-14-28)33-23-21-30-18-7-8-20-32(30)35(33)36/h2-4,7-9,11,16-25,28H,5-6,10,12-15,26-27H2,1H3/q+1. The van der Waals surface area contributed by atoms with E-state index in [9.17, 15) is 0 Å². The molecule has 1 saturated carbocycles. The molecule has 1 aliphatic carbocycles. The summed E-state index contributed by atoms with van der Waals surface area (Å²) in [7, 11) is 0. The molecule has 2 heteroatoms. The molecule has 0 bridgehead atoms. The zero-order valence-electron chi connectivity index (χ0n) is 22.7. The maximum atomic E-state index is 4.60. The van der Waals surface area contributed by atoms with Crippen molar-refractivity contribution in [1.82, 2.24) is 4.98 Å². The van der Waals surface area contributed by atoms with Crippen LogP contribution < -0.4 is 0 Å². The molecule has 2 nitrogen and oxygen atoms in total. The van der Waals surface area contributed by atoms with E-state index in [1.54, 1.807) is 0 Å². The second-order valence-electron chi connectivity index (χ2n) is 11.4. The van der Waals surface area contributed by atoms with Crippen molar-refractivity contribution in [2.75, 3.05) is 6.54 Å². The van der Waals surface area contributed by atoms with Gasteiger partial charge in [-0.25, -0.2) is 0 Å². The molecule has 0 N–H and O–H groups in total. The van der Waals surface area contributed by atoms with Crippen molar-refractivity contribution in [2.24, 2.45) is 5.92 Å². The second kappa shape index (κ2) is 11.1. The van der Waals surface area contributed by atoms with Crippen LogP contribution in [0.5, 0.6) is 0 Å². The molecule has 1 aliphatic heterocycles. The maximum Gasteiger partial charge on any atom is 0.210 e. The van der Waals surface area contributed by atoms with Gasteiger partial charge in [0.25, 0.3) is 0 Å². The Bertz CT molecular complexity index is 1440. The van der Waals surface area contributed by atoms with E-state index in [0.717, 1.165) is 24.6 Å². The molecule has 1 aromatic heterocycles. The van der Waals surface area contributed by atoms with Gasteiger partial charge in [-0.2, -0.15) is 4.58 Å². The fourth-order valence-electron chi connectivity index (χ4n) is 6.96. The molecule has 1 fully saturated rings. The molecule has 1 atom stereocenters. The number of pyridine rings is 1. The lowest BCUT2D eigenvalue weighted by molar-refractivity contribution is -0.438. The average molecular weight is 500 g/mol. The number of benzene rings is 3. The fourth-order valence-corrected chi connectivity index (χ4v) is 6.96. The highest BCUT2D eigenvalue weighted by molar-refractivity contribution is 6.09. The number of hydrogen-bond donors (Lipinski definition) is 0. The van der Waals surface area contributed by atoms with Gasteiger partial charge in [-0.05, 0) is 66.3 Å². The third kappa shape index (κ3) is 4.97. The van der Waals surface area contributed by atoms with Crippen molar-refractivity contribution in [3.05, 3.63) is 114 Å². The molecule has 2 aliphatic rings. The van der Waals surface area contributed by atoms with Crippen LogP contribution in [0.1, 0.15) is 68.7 Å². The van der Waals surface area contributed by atoms with Gasteiger partial charge in [0.05, 0.1) is 11.1 Å². The Morgan fingerprint density at radius 1 is 0.842 bits per heavy atom. The van der Waals surface area contributed by atoms with Gasteiger partial charge in [0.2, 0.25) is 5.69 Å². The van der Waals surface area contributed by atoms with Gasteiger partial charge in [-0.3, -0.25) is 4.98 Å². The maximum absolute atomic E-state index is 4.60. The van der Waals surface area contributed by atoms with E-state index in [1.807, 2.05) is 12.3 Å². The summed E-state index contributed by atoms with van der Waals surface area (Å²) >= 11 is 0. The first kappa shape index (κ1) is 24.8. The van der Waals surface area contributed by atoms with E-state index < -0.39 is 0 Å². The molecule has 0 spiro atoms. The number of fused-ring (bicyclic) bond motifs is 3. The number of aromatic nitrogens is 1. The van der Waals surface area contributed by atoms with Crippen LogP contribution in [-0.2, 0) is 11.8 Å². The van der Waals surface area contributed by atoms with Crippen LogP contribution in [0.15, 0.2) is 97.2 Å². The molecule has 192 valence electrons. The number of rotatable bonds is 9. The highest BCUT2D eigenvalue weighted by atomic mass is 15.1. The van der Waals surface area contributed by atoms with Crippen molar-refractivity contribution in [1.29, 1.82) is 0 Å². The molecule has 4 aromatic rings. The summed E-state index contributed by atoms with van der Waals surface area (Å²) in [5.41, 5.74) is 6.47. The first-order valence-electron chi connectivity index (χ1n) is 14.5. The zero-order chi connectivity index (χ0) is 25.8. The van der Waals surface area contributed by atoms with Crippen molar-refractivity contribution >= 4 is 28.2 Å². The van der Waals surface area contributed by atoms with Gasteiger partial charge in [0, 0.05) is 30.3 Å². The lowest BCUT2D eigenvalue weighted by Gasteiger charge is -2.24. The Labute approximate surface area is 227 Å². The number of hydrogen-bond acceptors (Lipinski definition) is 1. The molecule has 0 radical (unpaired) electrons. The van der Waals surface area contributed by atoms with Crippen LogP contribution in [0.3, 0.4) is 0 Å². The van der Waals surface area contributed by atoms with Crippen LogP contribution in [0, 0.1) is 5.92 Å². The average Bonchev–Trinajstić information content (AvgIpc) is 3.56. The van der Waals surface area contributed by atoms with E-state index in [2.05, 4.69) is 107 Å². The largest absolute Gasteiger partial charge is 0.257 e. The molecular weight excluding hydrogens is 460 g/mol. The first-order chi connectivity index (χ1) is 18.7. The summed E-state index contributed by atoms with van der Waals surface area (Å²) < 4.78 is 2.64. The monoisotopic (exact) mass is 499 g/mol. The minimum Gasteiger partial charge on any atom is -0.257 e. The highest BCUT2D eigenvalue weighted by Crippen LogP contribution is 2.46. The fraction of sp³-hybridized carbons (Fsp3) is 0.333. The molecule has 0 saturated heterocycles. The minimum absolute atomic E-state index is 0.145. The molecule has 1 unspecified atom stereocenters. The van der Waals surface area contributed by atoms with Crippen molar-refractivity contribution in [3.8, 4) is 0 Å². The van der Waals surface area contributed by atoms with Gasteiger partial charge in [0.15, 0.2) is 5.71 Å². The summed E-state index contributed by atoms with van der Waals surface area (Å²) in [5, 5.41) is 2.70. The Morgan fingerprint density at radius 2 is 1.63 bits per heavy atom. The molecule has 3 aromatic carbocycles. The molecule has 0 amide bonds. The summed E-state index contributed by atoms with van der Waals surface area (Å²) in [5.74, 6) is 0.959. The Kier molecular flexibility index (Phi) is 7.22. The summed E-state index contributed by atoms with van der Waals surface area (Å²) in [6.45, 7) is 3.52. The minimum atomic E-state index is -0.145. The van der Waals surface area contributed by atoms with Crippen LogP contribution in [0.2, 0.25) is 0 Å². The summed E-state index contributed by atoms with van der Waals surface area (Å²) in [4.78, 5) is 4.60. The summed E-state index contributed by atoms with van der Waals surface area (Å²) in [6, 6.07) is 30.8. The smallest absolute Gasteiger partial charge is 0.210 e. The van der Waals surface area contributed by atoms with Crippen molar-refractivity contribution in [3.63, 3.8) is 0 Å². The lowest BCUT2D eigenvalue weighted by atomic mass is 9.73. The Balaban J connectivity index is 1.44. The van der Waals surface area contributed by atoms with E-state index >= 15 is 0 Å². The predicted molar refractivity (Wildman–Crippen MR) is 160 cm³/mol. The van der Waals surface area contributed by atoms with Crippen LogP contribution in [-0.4, -0.2) is 21.8 Å². The quantitative estimate of drug-likeness (QED) is 0.166. The molecule has 38 heavy (non-hydrogen) atoms. The third-order valence-electron chi connectivity index (χ3n) is 8.82. The summed E-state index contributed by atoms with van der Waals surface area (Å²) in [6.07, 6.45) is 17.1. The van der Waals surface area contributed by atoms with Crippen molar-refractivity contribution < 1.29 is 4.58 Å². The van der Waals surface area contributed by atoms with Gasteiger partial charge in [0.1, 0.15) is 6.54 Å². The SMILES string of the molecule is CC1(Cc2ccccc2)C(C=Cc2ccccn2)=[N+](CCCCC2CCCC2)c2ccc3ccccc3c21. The molecule has 6 rings (SSSR count). The van der Waals surface area contributed by atoms with Gasteiger partial charge < -0.3 is 0 Å². The van der Waals surface area contributed by atoms with E-state index in [0.29, 0.717) is 0 Å². The first-order valence-corrected chi connectivity index (χ1v) is 14.5. The zero-order valence-corrected chi connectivity index (χ0v) is 22.7. The van der Waals surface area contributed by atoms with Gasteiger partial charge in [-0.1, -0.05) is 92.8 Å². The topological polar surface area (TPSA) is 15.9 Å². The number of nitrogens with zero attached hydrogens (tertiary/aromatic N) is 2. The predicted octanol–water partition coefficient (Wildman–Crippen LogP) is 8.91. The lowest BCUT2D eigenvalue weighted by Crippen LogP contribution is -2.34. The molecular formula is C36H39N2+. The Hall–Kier alpha value is -3.52. The van der Waals surface area contributed by atoms with Crippen molar-refractivity contribution in [2.45, 2.75) is 63.7 Å². The van der Waals surface area contributed by atoms with Crippen LogP contribution >= 0.6 is 0 Å². The number of unbranched alkanes of at least 4 members (excludes halogenated alkanes) is 1. The molecule has 2 heterocycles. The third-order valence-corrected chi connectivity index (χ3v) is 8.82.